The zero-order valence-electron chi connectivity index (χ0n) is 10.4. The van der Waals surface area contributed by atoms with Gasteiger partial charge < -0.3 is 15.8 Å². The minimum absolute atomic E-state index is 0.283. The van der Waals surface area contributed by atoms with Gasteiger partial charge in [0.1, 0.15) is 5.75 Å². The van der Waals surface area contributed by atoms with E-state index in [0.717, 1.165) is 4.90 Å². The summed E-state index contributed by atoms with van der Waals surface area (Å²) in [7, 11) is 2.97. The van der Waals surface area contributed by atoms with Crippen molar-refractivity contribution in [1.82, 2.24) is 5.32 Å². The van der Waals surface area contributed by atoms with Gasteiger partial charge in [-0.2, -0.15) is 0 Å². The molecule has 7 heteroatoms. The van der Waals surface area contributed by atoms with Crippen molar-refractivity contribution in [3.8, 4) is 5.75 Å². The SMILES string of the molecule is CNC(=O)N(C(=N)N)c1c(C)cc(OC)cc1Cl. The zero-order valence-corrected chi connectivity index (χ0v) is 11.1. The number of hydrogen-bond donors (Lipinski definition) is 3. The lowest BCUT2D eigenvalue weighted by Crippen LogP contribution is -2.46. The number of amides is 2. The lowest BCUT2D eigenvalue weighted by molar-refractivity contribution is 0.251. The molecule has 0 spiro atoms. The molecule has 0 aromatic heterocycles. The number of nitrogens with zero attached hydrogens (tertiary/aromatic N) is 1. The number of hydrogen-bond acceptors (Lipinski definition) is 3. The summed E-state index contributed by atoms with van der Waals surface area (Å²) >= 11 is 6.10. The van der Waals surface area contributed by atoms with Crippen molar-refractivity contribution in [1.29, 1.82) is 5.41 Å². The Morgan fingerprint density at radius 1 is 1.56 bits per heavy atom. The number of nitrogens with one attached hydrogen (secondary N) is 2. The van der Waals surface area contributed by atoms with Crippen molar-refractivity contribution in [3.05, 3.63) is 22.7 Å². The van der Waals surface area contributed by atoms with Crippen LogP contribution in [0, 0.1) is 12.3 Å². The van der Waals surface area contributed by atoms with Gasteiger partial charge in [0.2, 0.25) is 5.96 Å². The largest absolute Gasteiger partial charge is 0.497 e. The van der Waals surface area contributed by atoms with Crippen LogP contribution >= 0.6 is 11.6 Å². The highest BCUT2D eigenvalue weighted by molar-refractivity contribution is 6.35. The molecule has 0 bridgehead atoms. The summed E-state index contributed by atoms with van der Waals surface area (Å²) in [4.78, 5) is 12.7. The topological polar surface area (TPSA) is 91.4 Å². The number of urea groups is 1. The maximum absolute atomic E-state index is 11.7. The van der Waals surface area contributed by atoms with Crippen molar-refractivity contribution in [2.24, 2.45) is 5.73 Å². The molecule has 1 aromatic carbocycles. The van der Waals surface area contributed by atoms with E-state index in [-0.39, 0.29) is 5.02 Å². The highest BCUT2D eigenvalue weighted by Crippen LogP contribution is 2.33. The molecule has 0 aliphatic heterocycles. The first-order chi connectivity index (χ1) is 8.42. The Kier molecular flexibility index (Phi) is 4.38. The van der Waals surface area contributed by atoms with Crippen LogP contribution in [0.4, 0.5) is 10.5 Å². The van der Waals surface area contributed by atoms with E-state index in [9.17, 15) is 4.79 Å². The fraction of sp³-hybridized carbons (Fsp3) is 0.273. The summed E-state index contributed by atoms with van der Waals surface area (Å²) in [5.41, 5.74) is 6.46. The maximum atomic E-state index is 11.7. The summed E-state index contributed by atoms with van der Waals surface area (Å²) in [6.45, 7) is 1.75. The first-order valence-electron chi connectivity index (χ1n) is 5.12. The fourth-order valence-corrected chi connectivity index (χ4v) is 1.89. The minimum Gasteiger partial charge on any atom is -0.497 e. The second kappa shape index (κ2) is 5.59. The minimum atomic E-state index is -0.530. The molecular formula is C11H15ClN4O2. The van der Waals surface area contributed by atoms with E-state index in [4.69, 9.17) is 27.5 Å². The number of aryl methyl sites for hydroxylation is 1. The van der Waals surface area contributed by atoms with E-state index in [1.807, 2.05) is 0 Å². The van der Waals surface area contributed by atoms with Crippen LogP contribution in [0.2, 0.25) is 5.02 Å². The Balaban J connectivity index is 3.37. The summed E-state index contributed by atoms with van der Waals surface area (Å²) in [6.07, 6.45) is 0. The third kappa shape index (κ3) is 2.65. The van der Waals surface area contributed by atoms with E-state index >= 15 is 0 Å². The second-order valence-corrected chi connectivity index (χ2v) is 3.96. The number of halogens is 1. The van der Waals surface area contributed by atoms with Crippen LogP contribution in [0.15, 0.2) is 12.1 Å². The van der Waals surface area contributed by atoms with Crippen LogP contribution < -0.4 is 20.7 Å². The van der Waals surface area contributed by atoms with Crippen LogP contribution in [-0.2, 0) is 0 Å². The van der Waals surface area contributed by atoms with Crippen molar-refractivity contribution >= 4 is 29.3 Å². The molecule has 0 atom stereocenters. The zero-order chi connectivity index (χ0) is 13.9. The number of carbonyl (C=O) groups excluding carboxylic acids is 1. The maximum Gasteiger partial charge on any atom is 0.328 e. The van der Waals surface area contributed by atoms with Crippen LogP contribution in [0.5, 0.6) is 5.75 Å². The van der Waals surface area contributed by atoms with Gasteiger partial charge in [-0.1, -0.05) is 11.6 Å². The molecule has 2 amide bonds. The van der Waals surface area contributed by atoms with Gasteiger partial charge in [0.25, 0.3) is 0 Å². The van der Waals surface area contributed by atoms with Crippen molar-refractivity contribution < 1.29 is 9.53 Å². The van der Waals surface area contributed by atoms with E-state index in [2.05, 4.69) is 5.32 Å². The molecule has 0 aliphatic rings. The predicted octanol–water partition coefficient (Wildman–Crippen LogP) is 1.70. The average molecular weight is 271 g/mol. The van der Waals surface area contributed by atoms with Gasteiger partial charge >= 0.3 is 6.03 Å². The lowest BCUT2D eigenvalue weighted by atomic mass is 10.1. The van der Waals surface area contributed by atoms with Gasteiger partial charge in [0.15, 0.2) is 0 Å². The molecular weight excluding hydrogens is 256 g/mol. The Labute approximate surface area is 110 Å². The normalized spacial score (nSPS) is 9.78. The fourth-order valence-electron chi connectivity index (χ4n) is 1.55. The summed E-state index contributed by atoms with van der Waals surface area (Å²) in [5.74, 6) is 0.158. The smallest absolute Gasteiger partial charge is 0.328 e. The van der Waals surface area contributed by atoms with Crippen molar-refractivity contribution in [3.63, 3.8) is 0 Å². The van der Waals surface area contributed by atoms with E-state index < -0.39 is 12.0 Å². The van der Waals surface area contributed by atoms with Gasteiger partial charge in [-0.3, -0.25) is 5.41 Å². The van der Waals surface area contributed by atoms with Gasteiger partial charge in [-0.15, -0.1) is 0 Å². The Morgan fingerprint density at radius 3 is 2.56 bits per heavy atom. The highest BCUT2D eigenvalue weighted by atomic mass is 35.5. The number of anilines is 1. The number of carbonyl (C=O) groups is 1. The standard InChI is InChI=1S/C11H15ClN4O2/c1-6-4-7(18-3)5-8(12)9(6)16(10(13)14)11(17)15-2/h4-5H,1-3H3,(H3,13,14)(H,15,17). The van der Waals surface area contributed by atoms with Crippen LogP contribution in [0.1, 0.15) is 5.56 Å². The van der Waals surface area contributed by atoms with Gasteiger partial charge in [-0.25, -0.2) is 9.69 Å². The molecule has 0 aliphatic carbocycles. The number of ether oxygens (including phenoxy) is 1. The highest BCUT2D eigenvalue weighted by Gasteiger charge is 2.22. The molecule has 6 nitrogen and oxygen atoms in total. The first-order valence-corrected chi connectivity index (χ1v) is 5.50. The van der Waals surface area contributed by atoms with E-state index in [1.165, 1.54) is 14.2 Å². The number of benzene rings is 1. The molecule has 1 aromatic rings. The molecule has 18 heavy (non-hydrogen) atoms. The molecule has 4 N–H and O–H groups in total. The predicted molar refractivity (Wildman–Crippen MR) is 71.6 cm³/mol. The third-order valence-electron chi connectivity index (χ3n) is 2.34. The molecule has 0 heterocycles. The number of guanidine groups is 1. The quantitative estimate of drug-likeness (QED) is 0.564. The summed E-state index contributed by atoms with van der Waals surface area (Å²) in [5, 5.41) is 10.2. The summed E-state index contributed by atoms with van der Waals surface area (Å²) < 4.78 is 5.07. The molecule has 1 rings (SSSR count). The van der Waals surface area contributed by atoms with Gasteiger partial charge in [-0.05, 0) is 18.6 Å². The first kappa shape index (κ1) is 14.1. The van der Waals surface area contributed by atoms with Gasteiger partial charge in [0.05, 0.1) is 17.8 Å². The van der Waals surface area contributed by atoms with Crippen molar-refractivity contribution in [2.45, 2.75) is 6.92 Å². The molecule has 0 saturated heterocycles. The molecule has 0 radical (unpaired) electrons. The lowest BCUT2D eigenvalue weighted by Gasteiger charge is -2.23. The Bertz CT molecular complexity index is 467. The molecule has 0 saturated carbocycles. The second-order valence-electron chi connectivity index (χ2n) is 3.55. The van der Waals surface area contributed by atoms with Crippen LogP contribution in [0.25, 0.3) is 0 Å². The molecule has 98 valence electrons. The number of nitrogens with two attached hydrogens (primary N) is 1. The number of rotatable bonds is 2. The Hall–Kier alpha value is -1.95. The van der Waals surface area contributed by atoms with Crippen molar-refractivity contribution in [2.75, 3.05) is 19.1 Å². The van der Waals surface area contributed by atoms with Gasteiger partial charge in [0, 0.05) is 13.1 Å². The third-order valence-corrected chi connectivity index (χ3v) is 2.63. The Morgan fingerprint density at radius 2 is 2.17 bits per heavy atom. The average Bonchev–Trinajstić information content (AvgIpc) is 2.31. The van der Waals surface area contributed by atoms with Crippen LogP contribution in [-0.4, -0.2) is 26.1 Å². The van der Waals surface area contributed by atoms with E-state index in [1.54, 1.807) is 19.1 Å². The van der Waals surface area contributed by atoms with Crippen LogP contribution in [0.3, 0.4) is 0 Å². The monoisotopic (exact) mass is 270 g/mol. The molecule has 0 fully saturated rings. The molecule has 0 unspecified atom stereocenters. The number of methoxy groups -OCH3 is 1. The summed E-state index contributed by atoms with van der Waals surface area (Å²) in [6, 6.07) is 2.74. The van der Waals surface area contributed by atoms with E-state index in [0.29, 0.717) is 17.0 Å².